The van der Waals surface area contributed by atoms with Gasteiger partial charge in [0.15, 0.2) is 0 Å². The number of aliphatic hydroxyl groups is 1. The summed E-state index contributed by atoms with van der Waals surface area (Å²) < 4.78 is 7.55. The standard InChI is InChI=1S/C23H25N3O4/c27-18-8-6-17(7-9-18)26-20-10-5-15(13-19(20)24-23(26)29)22(28)25-11-12-30-21-4-2-1-3-16(21)14-25/h1-5,10,13,17-18,27H,6-9,11-12,14H2,(H,24,29). The van der Waals surface area contributed by atoms with Crippen LogP contribution in [0.25, 0.3) is 11.0 Å². The molecule has 0 spiro atoms. The Labute approximate surface area is 173 Å². The number of nitrogens with zero attached hydrogens (tertiary/aromatic N) is 2. The van der Waals surface area contributed by atoms with Crippen molar-refractivity contribution in [2.45, 2.75) is 44.4 Å². The van der Waals surface area contributed by atoms with Gasteiger partial charge in [-0.3, -0.25) is 9.36 Å². The highest BCUT2D eigenvalue weighted by atomic mass is 16.5. The number of benzene rings is 2. The lowest BCUT2D eigenvalue weighted by atomic mass is 9.93. The van der Waals surface area contributed by atoms with Crippen molar-refractivity contribution < 1.29 is 14.6 Å². The second-order valence-electron chi connectivity index (χ2n) is 8.18. The minimum Gasteiger partial charge on any atom is -0.491 e. The van der Waals surface area contributed by atoms with Crippen LogP contribution in [0.3, 0.4) is 0 Å². The Balaban J connectivity index is 1.43. The van der Waals surface area contributed by atoms with Gasteiger partial charge in [0.25, 0.3) is 5.91 Å². The van der Waals surface area contributed by atoms with Crippen LogP contribution < -0.4 is 10.4 Å². The number of amides is 1. The Kier molecular flexibility index (Phi) is 4.83. The lowest BCUT2D eigenvalue weighted by Crippen LogP contribution is -2.32. The van der Waals surface area contributed by atoms with Gasteiger partial charge in [0.1, 0.15) is 12.4 Å². The quantitative estimate of drug-likeness (QED) is 0.684. The zero-order valence-electron chi connectivity index (χ0n) is 16.7. The molecule has 30 heavy (non-hydrogen) atoms. The van der Waals surface area contributed by atoms with Gasteiger partial charge < -0.3 is 19.7 Å². The predicted molar refractivity (Wildman–Crippen MR) is 113 cm³/mol. The van der Waals surface area contributed by atoms with Crippen LogP contribution in [0.5, 0.6) is 5.75 Å². The van der Waals surface area contributed by atoms with Gasteiger partial charge in [-0.25, -0.2) is 4.79 Å². The lowest BCUT2D eigenvalue weighted by Gasteiger charge is -2.26. The van der Waals surface area contributed by atoms with Gasteiger partial charge in [0.05, 0.1) is 23.7 Å². The Hall–Kier alpha value is -3.06. The summed E-state index contributed by atoms with van der Waals surface area (Å²) in [5.74, 6) is 0.744. The lowest BCUT2D eigenvalue weighted by molar-refractivity contribution is 0.0733. The molecule has 7 heteroatoms. The minimum absolute atomic E-state index is 0.0772. The first-order valence-corrected chi connectivity index (χ1v) is 10.5. The number of rotatable bonds is 2. The largest absolute Gasteiger partial charge is 0.491 e. The molecule has 1 aliphatic carbocycles. The molecule has 7 nitrogen and oxygen atoms in total. The summed E-state index contributed by atoms with van der Waals surface area (Å²) in [6, 6.07) is 13.3. The molecule has 2 heterocycles. The zero-order chi connectivity index (χ0) is 20.7. The molecule has 5 rings (SSSR count). The maximum Gasteiger partial charge on any atom is 0.326 e. The zero-order valence-corrected chi connectivity index (χ0v) is 16.7. The normalized spacial score (nSPS) is 21.7. The maximum atomic E-state index is 13.2. The van der Waals surface area contributed by atoms with Crippen LogP contribution in [0.1, 0.15) is 47.6 Å². The summed E-state index contributed by atoms with van der Waals surface area (Å²) in [6.07, 6.45) is 2.70. The first kappa shape index (κ1) is 18.9. The van der Waals surface area contributed by atoms with Gasteiger partial charge in [0, 0.05) is 23.7 Å². The van der Waals surface area contributed by atoms with Crippen LogP contribution in [-0.2, 0) is 6.54 Å². The predicted octanol–water partition coefficient (Wildman–Crippen LogP) is 2.84. The molecular formula is C23H25N3O4. The third kappa shape index (κ3) is 3.39. The number of ether oxygens (including phenoxy) is 1. The molecule has 0 atom stereocenters. The van der Waals surface area contributed by atoms with Crippen molar-refractivity contribution >= 4 is 16.9 Å². The molecule has 3 aromatic rings. The second kappa shape index (κ2) is 7.65. The molecule has 2 aliphatic rings. The van der Waals surface area contributed by atoms with Crippen molar-refractivity contribution in [1.29, 1.82) is 0 Å². The Morgan fingerprint density at radius 2 is 1.90 bits per heavy atom. The van der Waals surface area contributed by atoms with E-state index in [4.69, 9.17) is 4.74 Å². The van der Waals surface area contributed by atoms with Crippen molar-refractivity contribution in [2.75, 3.05) is 13.2 Å². The van der Waals surface area contributed by atoms with Gasteiger partial charge >= 0.3 is 5.69 Å². The summed E-state index contributed by atoms with van der Waals surface area (Å²) in [7, 11) is 0. The summed E-state index contributed by atoms with van der Waals surface area (Å²) in [5, 5.41) is 9.76. The summed E-state index contributed by atoms with van der Waals surface area (Å²) in [5.41, 5.74) is 2.86. The van der Waals surface area contributed by atoms with Gasteiger partial charge in [-0.2, -0.15) is 0 Å². The van der Waals surface area contributed by atoms with Crippen LogP contribution in [0, 0.1) is 0 Å². The number of carbonyl (C=O) groups is 1. The number of aromatic amines is 1. The van der Waals surface area contributed by atoms with E-state index in [-0.39, 0.29) is 23.7 Å². The van der Waals surface area contributed by atoms with E-state index in [2.05, 4.69) is 4.98 Å². The van der Waals surface area contributed by atoms with Crippen LogP contribution in [-0.4, -0.2) is 44.7 Å². The first-order chi connectivity index (χ1) is 14.6. The summed E-state index contributed by atoms with van der Waals surface area (Å²) in [6.45, 7) is 1.45. The third-order valence-corrected chi connectivity index (χ3v) is 6.23. The fraction of sp³-hybridized carbons (Fsp3) is 0.391. The van der Waals surface area contributed by atoms with Gasteiger partial charge in [-0.15, -0.1) is 0 Å². The summed E-state index contributed by atoms with van der Waals surface area (Å²) >= 11 is 0. The van der Waals surface area contributed by atoms with Crippen molar-refractivity contribution in [3.63, 3.8) is 0 Å². The number of imidazole rings is 1. The van der Waals surface area contributed by atoms with Crippen molar-refractivity contribution in [3.8, 4) is 5.75 Å². The van der Waals surface area contributed by atoms with E-state index in [1.54, 1.807) is 21.6 Å². The number of fused-ring (bicyclic) bond motifs is 2. The fourth-order valence-corrected chi connectivity index (χ4v) is 4.62. The molecule has 0 unspecified atom stereocenters. The number of H-pyrrole nitrogens is 1. The van der Waals surface area contributed by atoms with Crippen LogP contribution in [0.15, 0.2) is 47.3 Å². The monoisotopic (exact) mass is 407 g/mol. The van der Waals surface area contributed by atoms with E-state index < -0.39 is 0 Å². The molecule has 0 radical (unpaired) electrons. The molecule has 1 aromatic heterocycles. The molecule has 2 aromatic carbocycles. The Morgan fingerprint density at radius 3 is 2.73 bits per heavy atom. The smallest absolute Gasteiger partial charge is 0.326 e. The van der Waals surface area contributed by atoms with Crippen LogP contribution in [0.4, 0.5) is 0 Å². The minimum atomic E-state index is -0.269. The van der Waals surface area contributed by atoms with E-state index >= 15 is 0 Å². The van der Waals surface area contributed by atoms with E-state index in [0.29, 0.717) is 43.6 Å². The SMILES string of the molecule is O=C(c1ccc2c(c1)[nH]c(=O)n2C1CCC(O)CC1)N1CCOc2ccccc2C1. The average Bonchev–Trinajstić information content (AvgIpc) is 2.94. The highest BCUT2D eigenvalue weighted by Gasteiger charge is 2.25. The first-order valence-electron chi connectivity index (χ1n) is 10.5. The number of aromatic nitrogens is 2. The third-order valence-electron chi connectivity index (χ3n) is 6.23. The Bertz CT molecular complexity index is 1140. The highest BCUT2D eigenvalue weighted by molar-refractivity contribution is 5.97. The molecule has 1 amide bonds. The highest BCUT2D eigenvalue weighted by Crippen LogP contribution is 2.30. The molecule has 0 bridgehead atoms. The van der Waals surface area contributed by atoms with Gasteiger partial charge in [-0.1, -0.05) is 18.2 Å². The van der Waals surface area contributed by atoms with Crippen LogP contribution in [0.2, 0.25) is 0 Å². The molecular weight excluding hydrogens is 382 g/mol. The number of hydrogen-bond donors (Lipinski definition) is 2. The number of para-hydroxylation sites is 1. The Morgan fingerprint density at radius 1 is 1.10 bits per heavy atom. The van der Waals surface area contributed by atoms with Crippen molar-refractivity contribution in [3.05, 3.63) is 64.1 Å². The molecule has 2 N–H and O–H groups in total. The van der Waals surface area contributed by atoms with Gasteiger partial charge in [-0.05, 0) is 49.9 Å². The number of nitrogens with one attached hydrogen (secondary N) is 1. The molecule has 1 saturated carbocycles. The average molecular weight is 407 g/mol. The molecule has 1 fully saturated rings. The molecule has 0 saturated heterocycles. The van der Waals surface area contributed by atoms with E-state index in [1.807, 2.05) is 30.3 Å². The topological polar surface area (TPSA) is 87.6 Å². The fourth-order valence-electron chi connectivity index (χ4n) is 4.62. The number of carbonyl (C=O) groups excluding carboxylic acids is 1. The second-order valence-corrected chi connectivity index (χ2v) is 8.18. The maximum absolute atomic E-state index is 13.2. The van der Waals surface area contributed by atoms with Crippen LogP contribution >= 0.6 is 0 Å². The van der Waals surface area contributed by atoms with E-state index in [0.717, 1.165) is 29.7 Å². The van der Waals surface area contributed by atoms with Gasteiger partial charge in [0.2, 0.25) is 0 Å². The van der Waals surface area contributed by atoms with Crippen molar-refractivity contribution in [2.24, 2.45) is 0 Å². The molecule has 1 aliphatic heterocycles. The number of aliphatic hydroxyl groups excluding tert-OH is 1. The van der Waals surface area contributed by atoms with Crippen molar-refractivity contribution in [1.82, 2.24) is 14.5 Å². The summed E-state index contributed by atoms with van der Waals surface area (Å²) in [4.78, 5) is 30.5. The van der Waals surface area contributed by atoms with E-state index in [1.165, 1.54) is 0 Å². The molecule has 156 valence electrons. The van der Waals surface area contributed by atoms with E-state index in [9.17, 15) is 14.7 Å². The number of hydrogen-bond acceptors (Lipinski definition) is 4.